The predicted molar refractivity (Wildman–Crippen MR) is 93.6 cm³/mol. The van der Waals surface area contributed by atoms with Gasteiger partial charge in [-0.05, 0) is 55.2 Å². The van der Waals surface area contributed by atoms with E-state index in [4.69, 9.17) is 0 Å². The van der Waals surface area contributed by atoms with Crippen molar-refractivity contribution in [2.75, 3.05) is 0 Å². The number of phenols is 1. The van der Waals surface area contributed by atoms with Gasteiger partial charge in [0.15, 0.2) is 0 Å². The number of aromatic hydroxyl groups is 1. The number of hydrogen-bond acceptors (Lipinski definition) is 4. The van der Waals surface area contributed by atoms with Crippen LogP contribution in [0.3, 0.4) is 0 Å². The number of carbonyl (C=O) groups is 1. The zero-order valence-corrected chi connectivity index (χ0v) is 14.2. The summed E-state index contributed by atoms with van der Waals surface area (Å²) in [5.41, 5.74) is 4.98. The number of aryl methyl sites for hydroxylation is 3. The average molecular weight is 323 g/mol. The monoisotopic (exact) mass is 323 g/mol. The maximum absolute atomic E-state index is 11.6. The molecule has 0 aliphatic heterocycles. The first kappa shape index (κ1) is 16.2. The molecule has 0 aliphatic carbocycles. The highest BCUT2D eigenvalue weighted by Gasteiger charge is 2.13. The molecule has 124 valence electrons. The van der Waals surface area contributed by atoms with Crippen LogP contribution in [0.2, 0.25) is 0 Å². The number of benzene rings is 2. The fraction of sp³-hybridized carbons (Fsp3) is 0.316. The molecule has 0 fully saturated rings. The van der Waals surface area contributed by atoms with Crippen LogP contribution in [-0.2, 0) is 11.2 Å². The number of aromatic nitrogens is 3. The lowest BCUT2D eigenvalue weighted by molar-refractivity contribution is -0.118. The first-order chi connectivity index (χ1) is 11.5. The summed E-state index contributed by atoms with van der Waals surface area (Å²) in [6.45, 7) is 5.72. The SMILES string of the molecule is CCC(=O)CCc1cc(C)c(O)c(-n2nc3ccc(C)cc3n2)c1. The largest absolute Gasteiger partial charge is 0.505 e. The van der Waals surface area contributed by atoms with Crippen molar-refractivity contribution < 1.29 is 9.90 Å². The summed E-state index contributed by atoms with van der Waals surface area (Å²) in [7, 11) is 0. The quantitative estimate of drug-likeness (QED) is 0.778. The molecule has 5 heteroatoms. The first-order valence-electron chi connectivity index (χ1n) is 8.16. The molecule has 1 N–H and O–H groups in total. The molecule has 5 nitrogen and oxygen atoms in total. The van der Waals surface area contributed by atoms with Crippen LogP contribution in [0.1, 0.15) is 36.5 Å². The molecule has 1 aromatic heterocycles. The van der Waals surface area contributed by atoms with E-state index in [2.05, 4.69) is 10.2 Å². The van der Waals surface area contributed by atoms with E-state index in [-0.39, 0.29) is 11.5 Å². The fourth-order valence-electron chi connectivity index (χ4n) is 2.72. The van der Waals surface area contributed by atoms with Gasteiger partial charge in [0.05, 0.1) is 0 Å². The summed E-state index contributed by atoms with van der Waals surface area (Å²) in [5, 5.41) is 19.3. The van der Waals surface area contributed by atoms with Crippen LogP contribution in [-0.4, -0.2) is 25.9 Å². The molecule has 0 saturated heterocycles. The summed E-state index contributed by atoms with van der Waals surface area (Å²) in [5.74, 6) is 0.401. The zero-order valence-electron chi connectivity index (χ0n) is 14.2. The van der Waals surface area contributed by atoms with Crippen molar-refractivity contribution in [3.63, 3.8) is 0 Å². The summed E-state index contributed by atoms with van der Waals surface area (Å²) < 4.78 is 0. The van der Waals surface area contributed by atoms with Crippen molar-refractivity contribution in [3.8, 4) is 11.4 Å². The van der Waals surface area contributed by atoms with E-state index in [1.165, 1.54) is 4.80 Å². The third-order valence-corrected chi connectivity index (χ3v) is 4.18. The molecule has 1 heterocycles. The topological polar surface area (TPSA) is 68.0 Å². The third-order valence-electron chi connectivity index (χ3n) is 4.18. The minimum atomic E-state index is 0.164. The Morgan fingerprint density at radius 1 is 1.12 bits per heavy atom. The van der Waals surface area contributed by atoms with Crippen LogP contribution < -0.4 is 0 Å². The Hall–Kier alpha value is -2.69. The summed E-state index contributed by atoms with van der Waals surface area (Å²) in [6, 6.07) is 9.64. The number of ketones is 1. The number of carbonyl (C=O) groups excluding carboxylic acids is 1. The summed E-state index contributed by atoms with van der Waals surface area (Å²) >= 11 is 0. The lowest BCUT2D eigenvalue weighted by Crippen LogP contribution is -2.03. The molecule has 2 aromatic carbocycles. The van der Waals surface area contributed by atoms with Crippen molar-refractivity contribution in [2.24, 2.45) is 0 Å². The zero-order chi connectivity index (χ0) is 17.3. The number of nitrogens with zero attached hydrogens (tertiary/aromatic N) is 3. The van der Waals surface area contributed by atoms with Gasteiger partial charge in [-0.2, -0.15) is 0 Å². The van der Waals surface area contributed by atoms with E-state index in [1.807, 2.05) is 51.1 Å². The Bertz CT molecular complexity index is 912. The van der Waals surface area contributed by atoms with Crippen molar-refractivity contribution >= 4 is 16.8 Å². The molecule has 0 bridgehead atoms. The van der Waals surface area contributed by atoms with Crippen molar-refractivity contribution in [1.29, 1.82) is 0 Å². The van der Waals surface area contributed by atoms with Gasteiger partial charge in [0.25, 0.3) is 0 Å². The number of fused-ring (bicyclic) bond motifs is 1. The van der Waals surface area contributed by atoms with Gasteiger partial charge < -0.3 is 5.11 Å². The number of rotatable bonds is 5. The second-order valence-corrected chi connectivity index (χ2v) is 6.15. The first-order valence-corrected chi connectivity index (χ1v) is 8.16. The van der Waals surface area contributed by atoms with Gasteiger partial charge in [-0.25, -0.2) is 0 Å². The Labute approximate surface area is 140 Å². The van der Waals surface area contributed by atoms with E-state index in [0.29, 0.717) is 24.9 Å². The van der Waals surface area contributed by atoms with E-state index < -0.39 is 0 Å². The van der Waals surface area contributed by atoms with Gasteiger partial charge in [-0.3, -0.25) is 4.79 Å². The lowest BCUT2D eigenvalue weighted by atomic mass is 10.0. The molecule has 0 unspecified atom stereocenters. The molecular weight excluding hydrogens is 302 g/mol. The lowest BCUT2D eigenvalue weighted by Gasteiger charge is -2.09. The van der Waals surface area contributed by atoms with Crippen LogP contribution in [0.5, 0.6) is 5.75 Å². The van der Waals surface area contributed by atoms with Gasteiger partial charge in [-0.15, -0.1) is 15.0 Å². The maximum Gasteiger partial charge on any atom is 0.146 e. The summed E-state index contributed by atoms with van der Waals surface area (Å²) in [6.07, 6.45) is 1.71. The van der Waals surface area contributed by atoms with E-state index >= 15 is 0 Å². The maximum atomic E-state index is 11.6. The summed E-state index contributed by atoms with van der Waals surface area (Å²) in [4.78, 5) is 13.0. The smallest absolute Gasteiger partial charge is 0.146 e. The standard InChI is InChI=1S/C19H21N3O2/c1-4-15(23)7-6-14-10-13(3)19(24)18(11-14)22-20-16-8-5-12(2)9-17(16)21-22/h5,8-11,24H,4,6-7H2,1-3H3. The Morgan fingerprint density at radius 3 is 2.62 bits per heavy atom. The van der Waals surface area contributed by atoms with Crippen LogP contribution in [0, 0.1) is 13.8 Å². The molecule has 0 aliphatic rings. The molecule has 0 amide bonds. The Balaban J connectivity index is 2.01. The highest BCUT2D eigenvalue weighted by molar-refractivity contribution is 5.78. The second kappa shape index (κ2) is 6.43. The number of Topliss-reactive ketones (excluding diaryl/α,β-unsaturated/α-hetero) is 1. The van der Waals surface area contributed by atoms with Crippen molar-refractivity contribution in [3.05, 3.63) is 47.0 Å². The van der Waals surface area contributed by atoms with Crippen LogP contribution in [0.15, 0.2) is 30.3 Å². The van der Waals surface area contributed by atoms with Crippen molar-refractivity contribution in [1.82, 2.24) is 15.0 Å². The molecule has 24 heavy (non-hydrogen) atoms. The molecule has 0 spiro atoms. The van der Waals surface area contributed by atoms with Crippen LogP contribution >= 0.6 is 0 Å². The average Bonchev–Trinajstić information content (AvgIpc) is 2.98. The van der Waals surface area contributed by atoms with Crippen LogP contribution in [0.25, 0.3) is 16.7 Å². The third kappa shape index (κ3) is 3.15. The Morgan fingerprint density at radius 2 is 1.88 bits per heavy atom. The van der Waals surface area contributed by atoms with Gasteiger partial charge in [-0.1, -0.05) is 19.1 Å². The van der Waals surface area contributed by atoms with E-state index in [1.54, 1.807) is 0 Å². The van der Waals surface area contributed by atoms with Gasteiger partial charge in [0, 0.05) is 12.8 Å². The number of hydrogen-bond donors (Lipinski definition) is 1. The van der Waals surface area contributed by atoms with Gasteiger partial charge in [0.1, 0.15) is 28.3 Å². The van der Waals surface area contributed by atoms with Gasteiger partial charge >= 0.3 is 0 Å². The van der Waals surface area contributed by atoms with Gasteiger partial charge in [0.2, 0.25) is 0 Å². The van der Waals surface area contributed by atoms with E-state index in [9.17, 15) is 9.90 Å². The molecule has 3 rings (SSSR count). The minimum Gasteiger partial charge on any atom is -0.505 e. The molecule has 0 saturated carbocycles. The molecular formula is C19H21N3O2. The Kier molecular flexibility index (Phi) is 4.34. The molecule has 3 aromatic rings. The fourth-order valence-corrected chi connectivity index (χ4v) is 2.72. The normalized spacial score (nSPS) is 11.1. The van der Waals surface area contributed by atoms with Crippen LogP contribution in [0.4, 0.5) is 0 Å². The highest BCUT2D eigenvalue weighted by atomic mass is 16.3. The highest BCUT2D eigenvalue weighted by Crippen LogP contribution is 2.28. The predicted octanol–water partition coefficient (Wildman–Crippen LogP) is 3.65. The molecule has 0 radical (unpaired) electrons. The number of phenolic OH excluding ortho intramolecular Hbond substituents is 1. The minimum absolute atomic E-state index is 0.164. The molecule has 0 atom stereocenters. The van der Waals surface area contributed by atoms with E-state index in [0.717, 1.165) is 27.7 Å². The van der Waals surface area contributed by atoms with Crippen molar-refractivity contribution in [2.45, 2.75) is 40.0 Å². The second-order valence-electron chi connectivity index (χ2n) is 6.15.